The Morgan fingerprint density at radius 1 is 1.50 bits per heavy atom. The maximum absolute atomic E-state index is 12.6. The average molecular weight is 363 g/mol. The zero-order chi connectivity index (χ0) is 14.8. The van der Waals surface area contributed by atoms with Crippen LogP contribution in [0.25, 0.3) is 0 Å². The molecule has 0 aliphatic carbocycles. The van der Waals surface area contributed by atoms with E-state index in [1.54, 1.807) is 25.2 Å². The van der Waals surface area contributed by atoms with Crippen LogP contribution in [0.3, 0.4) is 0 Å². The number of sulfonamides is 1. The first-order valence-corrected chi connectivity index (χ1v) is 8.71. The summed E-state index contributed by atoms with van der Waals surface area (Å²) in [5, 5.41) is 3.30. The van der Waals surface area contributed by atoms with E-state index in [4.69, 9.17) is 4.74 Å². The number of methoxy groups -OCH3 is 1. The summed E-state index contributed by atoms with van der Waals surface area (Å²) in [7, 11) is -0.474. The number of rotatable bonds is 5. The molecule has 20 heavy (non-hydrogen) atoms. The molecule has 0 saturated carbocycles. The summed E-state index contributed by atoms with van der Waals surface area (Å²) in [4.78, 5) is 0.190. The van der Waals surface area contributed by atoms with E-state index < -0.39 is 10.0 Å². The smallest absolute Gasteiger partial charge is 0.246 e. The van der Waals surface area contributed by atoms with E-state index in [9.17, 15) is 8.42 Å². The summed E-state index contributed by atoms with van der Waals surface area (Å²) in [6.45, 7) is 1.43. The molecular formula is C13H19BrN2O3S. The van der Waals surface area contributed by atoms with Crippen molar-refractivity contribution < 1.29 is 13.2 Å². The fourth-order valence-corrected chi connectivity index (χ4v) is 4.25. The van der Waals surface area contributed by atoms with Crippen LogP contribution in [0.1, 0.15) is 12.8 Å². The van der Waals surface area contributed by atoms with Crippen molar-refractivity contribution >= 4 is 26.0 Å². The number of ether oxygens (including phenoxy) is 1. The molecule has 1 unspecified atom stereocenters. The lowest BCUT2D eigenvalue weighted by molar-refractivity contribution is 0.391. The van der Waals surface area contributed by atoms with Gasteiger partial charge in [-0.25, -0.2) is 8.42 Å². The Bertz CT molecular complexity index is 571. The highest BCUT2D eigenvalue weighted by Crippen LogP contribution is 2.29. The van der Waals surface area contributed by atoms with Crippen molar-refractivity contribution in [2.45, 2.75) is 23.8 Å². The van der Waals surface area contributed by atoms with Gasteiger partial charge in [0.05, 0.1) is 7.11 Å². The van der Waals surface area contributed by atoms with Crippen LogP contribution < -0.4 is 10.1 Å². The Morgan fingerprint density at radius 3 is 2.85 bits per heavy atom. The van der Waals surface area contributed by atoms with Crippen LogP contribution in [0.5, 0.6) is 5.75 Å². The minimum absolute atomic E-state index is 0.190. The number of hydrogen-bond acceptors (Lipinski definition) is 4. The number of hydrogen-bond donors (Lipinski definition) is 1. The maximum Gasteiger partial charge on any atom is 0.246 e. The molecule has 1 fully saturated rings. The second-order valence-corrected chi connectivity index (χ2v) is 7.80. The molecule has 1 aromatic carbocycles. The Kier molecular flexibility index (Phi) is 5.06. The SMILES string of the molecule is COc1ccc(Br)cc1S(=O)(=O)N(C)CC1CCCN1. The van der Waals surface area contributed by atoms with Crippen LogP contribution in [0.2, 0.25) is 0 Å². The molecule has 1 heterocycles. The number of nitrogens with one attached hydrogen (secondary N) is 1. The molecule has 1 aliphatic heterocycles. The van der Waals surface area contributed by atoms with E-state index >= 15 is 0 Å². The van der Waals surface area contributed by atoms with Crippen LogP contribution in [-0.2, 0) is 10.0 Å². The van der Waals surface area contributed by atoms with Crippen molar-refractivity contribution in [2.24, 2.45) is 0 Å². The molecule has 1 aliphatic rings. The van der Waals surface area contributed by atoms with Crippen LogP contribution in [0, 0.1) is 0 Å². The number of nitrogens with zero attached hydrogens (tertiary/aromatic N) is 1. The second kappa shape index (κ2) is 6.43. The summed E-state index contributed by atoms with van der Waals surface area (Å²) < 4.78 is 32.6. The zero-order valence-electron chi connectivity index (χ0n) is 11.6. The van der Waals surface area contributed by atoms with Gasteiger partial charge >= 0.3 is 0 Å². The van der Waals surface area contributed by atoms with Gasteiger partial charge < -0.3 is 10.1 Å². The lowest BCUT2D eigenvalue weighted by Gasteiger charge is -2.22. The van der Waals surface area contributed by atoms with Crippen molar-refractivity contribution in [3.05, 3.63) is 22.7 Å². The molecule has 1 atom stereocenters. The Labute approximate surface area is 128 Å². The minimum Gasteiger partial charge on any atom is -0.495 e. The first kappa shape index (κ1) is 15.8. The third kappa shape index (κ3) is 3.33. The number of benzene rings is 1. The molecule has 7 heteroatoms. The molecule has 0 bridgehead atoms. The molecule has 0 spiro atoms. The fourth-order valence-electron chi connectivity index (χ4n) is 2.34. The standard InChI is InChI=1S/C13H19BrN2O3S/c1-16(9-11-4-3-7-15-11)20(17,18)13-8-10(14)5-6-12(13)19-2/h5-6,8,11,15H,3-4,7,9H2,1-2H3. The third-order valence-electron chi connectivity index (χ3n) is 3.45. The van der Waals surface area contributed by atoms with E-state index in [0.717, 1.165) is 19.4 Å². The van der Waals surface area contributed by atoms with E-state index in [2.05, 4.69) is 21.2 Å². The molecule has 1 saturated heterocycles. The molecule has 1 aromatic rings. The van der Waals surface area contributed by atoms with Crippen LogP contribution >= 0.6 is 15.9 Å². The predicted molar refractivity (Wildman–Crippen MR) is 81.5 cm³/mol. The number of likely N-dealkylation sites (N-methyl/N-ethyl adjacent to an activating group) is 1. The monoisotopic (exact) mass is 362 g/mol. The second-order valence-electron chi connectivity index (χ2n) is 4.87. The van der Waals surface area contributed by atoms with Crippen molar-refractivity contribution in [1.29, 1.82) is 0 Å². The van der Waals surface area contributed by atoms with Crippen LogP contribution in [-0.4, -0.2) is 46.0 Å². The Morgan fingerprint density at radius 2 is 2.25 bits per heavy atom. The molecular weight excluding hydrogens is 344 g/mol. The molecule has 0 aromatic heterocycles. The summed E-state index contributed by atoms with van der Waals surface area (Å²) in [6.07, 6.45) is 2.11. The highest BCUT2D eigenvalue weighted by atomic mass is 79.9. The van der Waals surface area contributed by atoms with Gasteiger partial charge in [0.25, 0.3) is 0 Å². The van der Waals surface area contributed by atoms with Gasteiger partial charge in [-0.05, 0) is 37.6 Å². The normalized spacial score (nSPS) is 19.5. The Balaban J connectivity index is 2.26. The molecule has 0 radical (unpaired) electrons. The van der Waals surface area contributed by atoms with Gasteiger partial charge in [-0.1, -0.05) is 15.9 Å². The van der Waals surface area contributed by atoms with Crippen molar-refractivity contribution in [3.8, 4) is 5.75 Å². The molecule has 1 N–H and O–H groups in total. The highest BCUT2D eigenvalue weighted by molar-refractivity contribution is 9.10. The quantitative estimate of drug-likeness (QED) is 0.867. The molecule has 112 valence electrons. The van der Waals surface area contributed by atoms with Crippen LogP contribution in [0.4, 0.5) is 0 Å². The van der Waals surface area contributed by atoms with Gasteiger partial charge in [0.15, 0.2) is 0 Å². The maximum atomic E-state index is 12.6. The first-order chi connectivity index (χ1) is 9.45. The van der Waals surface area contributed by atoms with E-state index in [1.807, 2.05) is 0 Å². The lowest BCUT2D eigenvalue weighted by Crippen LogP contribution is -2.38. The largest absolute Gasteiger partial charge is 0.495 e. The molecule has 5 nitrogen and oxygen atoms in total. The van der Waals surface area contributed by atoms with Crippen molar-refractivity contribution in [3.63, 3.8) is 0 Å². The predicted octanol–water partition coefficient (Wildman–Crippen LogP) is 1.83. The van der Waals surface area contributed by atoms with Crippen molar-refractivity contribution in [1.82, 2.24) is 9.62 Å². The van der Waals surface area contributed by atoms with Gasteiger partial charge in [0.2, 0.25) is 10.0 Å². The van der Waals surface area contributed by atoms with Gasteiger partial charge in [-0.15, -0.1) is 0 Å². The van der Waals surface area contributed by atoms with Crippen LogP contribution in [0.15, 0.2) is 27.6 Å². The Hall–Kier alpha value is -0.630. The number of halogens is 1. The fraction of sp³-hybridized carbons (Fsp3) is 0.538. The van der Waals surface area contributed by atoms with Gasteiger partial charge in [0.1, 0.15) is 10.6 Å². The zero-order valence-corrected chi connectivity index (χ0v) is 14.0. The van der Waals surface area contributed by atoms with Gasteiger partial charge in [-0.2, -0.15) is 4.31 Å². The molecule has 0 amide bonds. The van der Waals surface area contributed by atoms with E-state index in [-0.39, 0.29) is 10.9 Å². The first-order valence-electron chi connectivity index (χ1n) is 6.48. The van der Waals surface area contributed by atoms with E-state index in [0.29, 0.717) is 16.8 Å². The summed E-state index contributed by atoms with van der Waals surface area (Å²) in [5.41, 5.74) is 0. The summed E-state index contributed by atoms with van der Waals surface area (Å²) in [5.74, 6) is 0.361. The molecule has 2 rings (SSSR count). The van der Waals surface area contributed by atoms with Gasteiger partial charge in [-0.3, -0.25) is 0 Å². The summed E-state index contributed by atoms with van der Waals surface area (Å²) >= 11 is 3.30. The minimum atomic E-state index is -3.55. The topological polar surface area (TPSA) is 58.6 Å². The third-order valence-corrected chi connectivity index (χ3v) is 5.79. The van der Waals surface area contributed by atoms with E-state index in [1.165, 1.54) is 11.4 Å². The highest BCUT2D eigenvalue weighted by Gasteiger charge is 2.28. The van der Waals surface area contributed by atoms with Gasteiger partial charge in [0, 0.05) is 24.1 Å². The lowest BCUT2D eigenvalue weighted by atomic mass is 10.2. The average Bonchev–Trinajstić information content (AvgIpc) is 2.91. The summed E-state index contributed by atoms with van der Waals surface area (Å²) in [6, 6.07) is 5.22. The van der Waals surface area contributed by atoms with Crippen molar-refractivity contribution in [2.75, 3.05) is 27.2 Å².